The minimum Gasteiger partial charge on any atom is -0.381 e. The summed E-state index contributed by atoms with van der Waals surface area (Å²) in [5.74, 6) is -0.570. The van der Waals surface area contributed by atoms with Crippen molar-refractivity contribution in [2.45, 2.75) is 18.7 Å². The monoisotopic (exact) mass is 355 g/mol. The quantitative estimate of drug-likeness (QED) is 0.525. The summed E-state index contributed by atoms with van der Waals surface area (Å²) < 4.78 is 19.3. The average molecular weight is 355 g/mol. The fraction of sp³-hybridized carbons (Fsp3) is 0.200. The van der Waals surface area contributed by atoms with Crippen LogP contribution in [0.15, 0.2) is 56.2 Å². The van der Waals surface area contributed by atoms with E-state index in [4.69, 9.17) is 0 Å². The van der Waals surface area contributed by atoms with Crippen molar-refractivity contribution in [3.8, 4) is 5.69 Å². The third kappa shape index (κ3) is 3.07. The van der Waals surface area contributed by atoms with Crippen molar-refractivity contribution in [3.05, 3.63) is 67.5 Å². The smallest absolute Gasteiger partial charge is 0.137 e. The molecule has 4 rings (SSSR count). The van der Waals surface area contributed by atoms with Crippen LogP contribution in [-0.2, 0) is 18.7 Å². The highest BCUT2D eigenvalue weighted by molar-refractivity contribution is 5.37. The van der Waals surface area contributed by atoms with Crippen molar-refractivity contribution in [1.29, 1.82) is 0 Å². The molecular weight excluding hydrogens is 341 g/mol. The van der Waals surface area contributed by atoms with E-state index < -0.39 is 11.4 Å². The van der Waals surface area contributed by atoms with Gasteiger partial charge in [-0.25, -0.2) is 23.7 Å². The molecule has 3 heterocycles. The summed E-state index contributed by atoms with van der Waals surface area (Å²) in [7, 11) is 0. The molecule has 0 aliphatic heterocycles. The molecule has 0 spiro atoms. The molecule has 1 N–H and O–H groups in total. The van der Waals surface area contributed by atoms with Gasteiger partial charge in [-0.05, 0) is 12.1 Å². The fourth-order valence-electron chi connectivity index (χ4n) is 2.76. The summed E-state index contributed by atoms with van der Waals surface area (Å²) in [4.78, 5) is 7.72. The van der Waals surface area contributed by atoms with Crippen LogP contribution in [0.25, 0.3) is 5.69 Å². The zero-order valence-electron chi connectivity index (χ0n) is 13.5. The maximum atomic E-state index is 14.9. The normalized spacial score (nSPS) is 11.8. The minimum atomic E-state index is -1.61. The molecule has 0 aliphatic carbocycles. The standard InChI is InChI=1S/C15H14FN9O/c16-14-3-12(23-10-19-20-11-23)1-2-13(14)15(26,4-24-8-17-6-21-24)5-25-9-18-7-22-25/h1-3,6-11,26H,4-5H2. The highest BCUT2D eigenvalue weighted by Gasteiger charge is 2.34. The van der Waals surface area contributed by atoms with Gasteiger partial charge in [0.2, 0.25) is 0 Å². The Kier molecular flexibility index (Phi) is 3.97. The van der Waals surface area contributed by atoms with E-state index in [9.17, 15) is 9.50 Å². The van der Waals surface area contributed by atoms with E-state index in [1.807, 2.05) is 0 Å². The van der Waals surface area contributed by atoms with E-state index in [2.05, 4.69) is 30.4 Å². The number of aliphatic hydroxyl groups is 1. The second kappa shape index (κ2) is 6.44. The molecule has 26 heavy (non-hydrogen) atoms. The lowest BCUT2D eigenvalue weighted by atomic mass is 9.92. The predicted octanol–water partition coefficient (Wildman–Crippen LogP) is 0.177. The molecule has 0 saturated carbocycles. The molecule has 0 atom stereocenters. The van der Waals surface area contributed by atoms with Gasteiger partial charge in [-0.2, -0.15) is 10.2 Å². The Labute approximate surface area is 146 Å². The lowest BCUT2D eigenvalue weighted by molar-refractivity contribution is -0.00847. The first-order valence-electron chi connectivity index (χ1n) is 7.66. The first kappa shape index (κ1) is 16.0. The molecule has 4 aromatic rings. The Bertz CT molecular complexity index is 931. The molecule has 132 valence electrons. The van der Waals surface area contributed by atoms with E-state index in [1.165, 1.54) is 59.5 Å². The van der Waals surface area contributed by atoms with Crippen LogP contribution in [0, 0.1) is 5.82 Å². The highest BCUT2D eigenvalue weighted by atomic mass is 19.1. The Morgan fingerprint density at radius 3 is 2.04 bits per heavy atom. The third-order valence-corrected chi connectivity index (χ3v) is 3.95. The number of hydrogen-bond donors (Lipinski definition) is 1. The Morgan fingerprint density at radius 2 is 1.54 bits per heavy atom. The van der Waals surface area contributed by atoms with Crippen LogP contribution in [-0.4, -0.2) is 49.4 Å². The number of benzene rings is 1. The van der Waals surface area contributed by atoms with Gasteiger partial charge in [0.05, 0.1) is 18.8 Å². The van der Waals surface area contributed by atoms with Crippen LogP contribution in [0.5, 0.6) is 0 Å². The lowest BCUT2D eigenvalue weighted by Crippen LogP contribution is -2.37. The molecule has 3 aromatic heterocycles. The van der Waals surface area contributed by atoms with Gasteiger partial charge in [-0.3, -0.25) is 4.57 Å². The number of halogens is 1. The fourth-order valence-corrected chi connectivity index (χ4v) is 2.76. The molecule has 0 aliphatic rings. The van der Waals surface area contributed by atoms with Crippen molar-refractivity contribution < 1.29 is 9.50 Å². The first-order chi connectivity index (χ1) is 12.6. The number of aromatic nitrogens is 9. The number of rotatable bonds is 6. The average Bonchev–Trinajstić information content (AvgIpc) is 3.38. The summed E-state index contributed by atoms with van der Waals surface area (Å²) in [6, 6.07) is 4.51. The SMILES string of the molecule is OC(Cn1cncn1)(Cn1cncn1)c1ccc(-n2cnnc2)cc1F. The number of nitrogens with zero attached hydrogens (tertiary/aromatic N) is 9. The molecule has 11 heteroatoms. The van der Waals surface area contributed by atoms with Crippen LogP contribution in [0.2, 0.25) is 0 Å². The minimum absolute atomic E-state index is 0.00421. The second-order valence-electron chi connectivity index (χ2n) is 5.75. The van der Waals surface area contributed by atoms with Crippen LogP contribution >= 0.6 is 0 Å². The predicted molar refractivity (Wildman–Crippen MR) is 85.3 cm³/mol. The van der Waals surface area contributed by atoms with Crippen LogP contribution < -0.4 is 0 Å². The van der Waals surface area contributed by atoms with Crippen LogP contribution in [0.3, 0.4) is 0 Å². The Balaban J connectivity index is 1.73. The van der Waals surface area contributed by atoms with E-state index >= 15 is 0 Å². The van der Waals surface area contributed by atoms with Crippen molar-refractivity contribution in [2.75, 3.05) is 0 Å². The second-order valence-corrected chi connectivity index (χ2v) is 5.75. The van der Waals surface area contributed by atoms with Gasteiger partial charge < -0.3 is 5.11 Å². The third-order valence-electron chi connectivity index (χ3n) is 3.95. The summed E-state index contributed by atoms with van der Waals surface area (Å²) in [6.45, 7) is -0.00842. The largest absolute Gasteiger partial charge is 0.381 e. The molecule has 0 unspecified atom stereocenters. The molecule has 1 aromatic carbocycles. The summed E-state index contributed by atoms with van der Waals surface area (Å²) in [6.07, 6.45) is 8.53. The highest BCUT2D eigenvalue weighted by Crippen LogP contribution is 2.29. The first-order valence-corrected chi connectivity index (χ1v) is 7.66. The molecule has 0 radical (unpaired) electrons. The molecule has 0 saturated heterocycles. The van der Waals surface area contributed by atoms with Crippen LogP contribution in [0.4, 0.5) is 4.39 Å². The Morgan fingerprint density at radius 1 is 0.923 bits per heavy atom. The molecule has 10 nitrogen and oxygen atoms in total. The van der Waals surface area contributed by atoms with E-state index in [0.717, 1.165) is 0 Å². The zero-order chi connectivity index (χ0) is 18.0. The van der Waals surface area contributed by atoms with E-state index in [0.29, 0.717) is 5.69 Å². The van der Waals surface area contributed by atoms with Crippen molar-refractivity contribution in [1.82, 2.24) is 44.3 Å². The summed E-state index contributed by atoms with van der Waals surface area (Å²) in [5, 5.41) is 26.7. The maximum Gasteiger partial charge on any atom is 0.137 e. The van der Waals surface area contributed by atoms with Crippen LogP contribution in [0.1, 0.15) is 5.56 Å². The van der Waals surface area contributed by atoms with Gasteiger partial charge in [0.25, 0.3) is 0 Å². The van der Waals surface area contributed by atoms with Gasteiger partial charge in [0, 0.05) is 5.56 Å². The molecule has 0 bridgehead atoms. The number of hydrogen-bond acceptors (Lipinski definition) is 7. The van der Waals surface area contributed by atoms with Gasteiger partial charge in [-0.15, -0.1) is 10.2 Å². The summed E-state index contributed by atoms with van der Waals surface area (Å²) >= 11 is 0. The summed E-state index contributed by atoms with van der Waals surface area (Å²) in [5.41, 5.74) is -0.961. The van der Waals surface area contributed by atoms with Gasteiger partial charge in [0.1, 0.15) is 49.4 Å². The van der Waals surface area contributed by atoms with Crippen molar-refractivity contribution in [2.24, 2.45) is 0 Å². The van der Waals surface area contributed by atoms with Crippen molar-refractivity contribution in [3.63, 3.8) is 0 Å². The maximum absolute atomic E-state index is 14.9. The molecule has 0 fully saturated rings. The van der Waals surface area contributed by atoms with Gasteiger partial charge in [-0.1, -0.05) is 6.07 Å². The molecule has 0 amide bonds. The van der Waals surface area contributed by atoms with E-state index in [1.54, 1.807) is 10.6 Å². The van der Waals surface area contributed by atoms with E-state index in [-0.39, 0.29) is 18.7 Å². The topological polar surface area (TPSA) is 112 Å². The lowest BCUT2D eigenvalue weighted by Gasteiger charge is -2.28. The van der Waals surface area contributed by atoms with Crippen molar-refractivity contribution >= 4 is 0 Å². The molecular formula is C15H14FN9O. The zero-order valence-corrected chi connectivity index (χ0v) is 13.5. The van der Waals surface area contributed by atoms with Gasteiger partial charge in [0.15, 0.2) is 0 Å². The van der Waals surface area contributed by atoms with Gasteiger partial charge >= 0.3 is 0 Å². The Hall–Kier alpha value is -3.47.